The van der Waals surface area contributed by atoms with Crippen molar-refractivity contribution in [2.45, 2.75) is 43.5 Å². The molecule has 6 nitrogen and oxygen atoms in total. The third kappa shape index (κ3) is 3.50. The number of aryl methyl sites for hydroxylation is 1. The summed E-state index contributed by atoms with van der Waals surface area (Å²) < 4.78 is 31.7. The Balaban J connectivity index is 1.61. The molecular weight excluding hydrogens is 416 g/mol. The van der Waals surface area contributed by atoms with Crippen LogP contribution in [-0.4, -0.2) is 23.2 Å². The standard InChI is InChI=1S/C22H22N4O2S2/c1-15-13-19(17-9-4-5-10-18(17)23-15)25-30(27,28)21-14-26(16-7-2-3-8-16)24-22(21)20-11-6-12-29-20/h4-6,9-14,16H,2-3,7-8H2,1H3,(H,23,25). The van der Waals surface area contributed by atoms with Gasteiger partial charge in [-0.25, -0.2) is 8.42 Å². The molecule has 1 fully saturated rings. The topological polar surface area (TPSA) is 76.9 Å². The average Bonchev–Trinajstić information content (AvgIpc) is 3.48. The molecule has 1 saturated carbocycles. The zero-order chi connectivity index (χ0) is 20.7. The molecule has 0 bridgehead atoms. The van der Waals surface area contributed by atoms with Crippen LogP contribution in [-0.2, 0) is 10.0 Å². The summed E-state index contributed by atoms with van der Waals surface area (Å²) in [5.74, 6) is 0. The highest BCUT2D eigenvalue weighted by Crippen LogP contribution is 2.36. The van der Waals surface area contributed by atoms with Gasteiger partial charge in [-0.2, -0.15) is 5.10 Å². The molecular formula is C22H22N4O2S2. The van der Waals surface area contributed by atoms with E-state index in [0.717, 1.165) is 47.2 Å². The van der Waals surface area contributed by atoms with Crippen LogP contribution in [0.15, 0.2) is 58.9 Å². The maximum atomic E-state index is 13.5. The maximum absolute atomic E-state index is 13.5. The first-order chi connectivity index (χ1) is 14.5. The SMILES string of the molecule is Cc1cc(NS(=O)(=O)c2cn(C3CCCC3)nc2-c2cccs2)c2ccccc2n1. The lowest BCUT2D eigenvalue weighted by molar-refractivity contribution is 0.467. The Labute approximate surface area is 179 Å². The van der Waals surface area contributed by atoms with Crippen LogP contribution in [0.2, 0.25) is 0 Å². The summed E-state index contributed by atoms with van der Waals surface area (Å²) in [5.41, 5.74) is 2.56. The Morgan fingerprint density at radius 2 is 1.93 bits per heavy atom. The molecule has 1 aliphatic rings. The lowest BCUT2D eigenvalue weighted by atomic mass is 10.2. The number of nitrogens with zero attached hydrogens (tertiary/aromatic N) is 3. The van der Waals surface area contributed by atoms with E-state index in [1.807, 2.05) is 53.4 Å². The minimum Gasteiger partial charge on any atom is -0.279 e. The molecule has 1 aliphatic carbocycles. The van der Waals surface area contributed by atoms with Crippen molar-refractivity contribution >= 4 is 38.0 Å². The number of anilines is 1. The van der Waals surface area contributed by atoms with Crippen molar-refractivity contribution < 1.29 is 8.42 Å². The minimum atomic E-state index is -3.84. The van der Waals surface area contributed by atoms with E-state index < -0.39 is 10.0 Å². The molecule has 0 spiro atoms. The van der Waals surface area contributed by atoms with Crippen LogP contribution in [0.4, 0.5) is 5.69 Å². The van der Waals surface area contributed by atoms with E-state index in [9.17, 15) is 8.42 Å². The zero-order valence-electron chi connectivity index (χ0n) is 16.6. The molecule has 0 amide bonds. The normalized spacial score (nSPS) is 15.1. The molecule has 30 heavy (non-hydrogen) atoms. The highest BCUT2D eigenvalue weighted by atomic mass is 32.2. The first-order valence-electron chi connectivity index (χ1n) is 10.0. The van der Waals surface area contributed by atoms with Crippen molar-refractivity contribution in [3.8, 4) is 10.6 Å². The molecule has 3 heterocycles. The number of fused-ring (bicyclic) bond motifs is 1. The van der Waals surface area contributed by atoms with Crippen LogP contribution in [0.3, 0.4) is 0 Å². The molecule has 0 radical (unpaired) electrons. The first kappa shape index (κ1) is 19.3. The summed E-state index contributed by atoms with van der Waals surface area (Å²) in [5, 5.41) is 7.43. The number of hydrogen-bond acceptors (Lipinski definition) is 5. The lowest BCUT2D eigenvalue weighted by Gasteiger charge is -2.11. The van der Waals surface area contributed by atoms with Gasteiger partial charge in [0.25, 0.3) is 10.0 Å². The fourth-order valence-electron chi connectivity index (χ4n) is 4.10. The van der Waals surface area contributed by atoms with Crippen LogP contribution in [0.1, 0.15) is 37.4 Å². The van der Waals surface area contributed by atoms with E-state index in [4.69, 9.17) is 5.10 Å². The molecule has 0 atom stereocenters. The highest BCUT2D eigenvalue weighted by molar-refractivity contribution is 7.92. The van der Waals surface area contributed by atoms with Gasteiger partial charge in [-0.1, -0.05) is 37.1 Å². The summed E-state index contributed by atoms with van der Waals surface area (Å²) in [7, 11) is -3.84. The van der Waals surface area contributed by atoms with E-state index in [1.165, 1.54) is 11.3 Å². The number of nitrogens with one attached hydrogen (secondary N) is 1. The van der Waals surface area contributed by atoms with Crippen molar-refractivity contribution in [1.82, 2.24) is 14.8 Å². The van der Waals surface area contributed by atoms with Gasteiger partial charge in [-0.3, -0.25) is 14.4 Å². The van der Waals surface area contributed by atoms with Crippen molar-refractivity contribution in [3.05, 3.63) is 59.7 Å². The number of thiophene rings is 1. The Kier molecular flexibility index (Phi) is 4.83. The van der Waals surface area contributed by atoms with E-state index in [1.54, 1.807) is 12.3 Å². The van der Waals surface area contributed by atoms with Crippen LogP contribution in [0, 0.1) is 6.92 Å². The number of benzene rings is 1. The molecule has 5 rings (SSSR count). The molecule has 0 saturated heterocycles. The van der Waals surface area contributed by atoms with Crippen molar-refractivity contribution in [2.24, 2.45) is 0 Å². The quantitative estimate of drug-likeness (QED) is 0.454. The van der Waals surface area contributed by atoms with Gasteiger partial charge in [-0.15, -0.1) is 11.3 Å². The number of aromatic nitrogens is 3. The molecule has 3 aromatic heterocycles. The van der Waals surface area contributed by atoms with Gasteiger partial charge in [0.15, 0.2) is 0 Å². The summed E-state index contributed by atoms with van der Waals surface area (Å²) in [6.07, 6.45) is 6.08. The van der Waals surface area contributed by atoms with E-state index >= 15 is 0 Å². The predicted molar refractivity (Wildman–Crippen MR) is 120 cm³/mol. The number of sulfonamides is 1. The number of hydrogen-bond donors (Lipinski definition) is 1. The number of pyridine rings is 1. The molecule has 0 aliphatic heterocycles. The third-order valence-electron chi connectivity index (χ3n) is 5.53. The summed E-state index contributed by atoms with van der Waals surface area (Å²) in [6, 6.07) is 13.4. The molecule has 4 aromatic rings. The molecule has 0 unspecified atom stereocenters. The third-order valence-corrected chi connectivity index (χ3v) is 7.77. The first-order valence-corrected chi connectivity index (χ1v) is 12.4. The molecule has 1 aromatic carbocycles. The lowest BCUT2D eigenvalue weighted by Crippen LogP contribution is -2.14. The van der Waals surface area contributed by atoms with Gasteiger partial charge in [0.1, 0.15) is 10.6 Å². The largest absolute Gasteiger partial charge is 0.279 e. The van der Waals surface area contributed by atoms with Gasteiger partial charge in [0.05, 0.1) is 22.1 Å². The predicted octanol–water partition coefficient (Wildman–Crippen LogP) is 5.38. The Morgan fingerprint density at radius 3 is 2.70 bits per heavy atom. The Morgan fingerprint density at radius 1 is 1.13 bits per heavy atom. The fourth-order valence-corrected chi connectivity index (χ4v) is 6.11. The van der Waals surface area contributed by atoms with Crippen molar-refractivity contribution in [1.29, 1.82) is 0 Å². The fraction of sp³-hybridized carbons (Fsp3) is 0.273. The number of para-hydroxylation sites is 1. The van der Waals surface area contributed by atoms with Gasteiger partial charge in [0, 0.05) is 17.3 Å². The van der Waals surface area contributed by atoms with Gasteiger partial charge in [-0.05, 0) is 43.3 Å². The van der Waals surface area contributed by atoms with Gasteiger partial charge in [0.2, 0.25) is 0 Å². The van der Waals surface area contributed by atoms with E-state index in [0.29, 0.717) is 11.4 Å². The van der Waals surface area contributed by atoms with Crippen LogP contribution in [0.25, 0.3) is 21.5 Å². The van der Waals surface area contributed by atoms with Gasteiger partial charge >= 0.3 is 0 Å². The highest BCUT2D eigenvalue weighted by Gasteiger charge is 2.28. The van der Waals surface area contributed by atoms with Crippen LogP contribution in [0.5, 0.6) is 0 Å². The van der Waals surface area contributed by atoms with Gasteiger partial charge < -0.3 is 0 Å². The Hall–Kier alpha value is -2.71. The summed E-state index contributed by atoms with van der Waals surface area (Å²) in [4.78, 5) is 5.57. The summed E-state index contributed by atoms with van der Waals surface area (Å²) in [6.45, 7) is 1.86. The molecule has 1 N–H and O–H groups in total. The average molecular weight is 439 g/mol. The Bertz CT molecular complexity index is 1300. The van der Waals surface area contributed by atoms with Crippen molar-refractivity contribution in [2.75, 3.05) is 4.72 Å². The van der Waals surface area contributed by atoms with Crippen LogP contribution >= 0.6 is 11.3 Å². The van der Waals surface area contributed by atoms with Crippen LogP contribution < -0.4 is 4.72 Å². The van der Waals surface area contributed by atoms with E-state index in [-0.39, 0.29) is 10.9 Å². The number of rotatable bonds is 5. The minimum absolute atomic E-state index is 0.218. The smallest absolute Gasteiger partial charge is 0.265 e. The van der Waals surface area contributed by atoms with E-state index in [2.05, 4.69) is 9.71 Å². The second kappa shape index (κ2) is 7.52. The van der Waals surface area contributed by atoms with Crippen molar-refractivity contribution in [3.63, 3.8) is 0 Å². The molecule has 154 valence electrons. The monoisotopic (exact) mass is 438 g/mol. The second-order valence-electron chi connectivity index (χ2n) is 7.67. The zero-order valence-corrected chi connectivity index (χ0v) is 18.2. The maximum Gasteiger partial charge on any atom is 0.265 e. The summed E-state index contributed by atoms with van der Waals surface area (Å²) >= 11 is 1.50. The second-order valence-corrected chi connectivity index (χ2v) is 10.3. The molecule has 8 heteroatoms.